The zero-order valence-corrected chi connectivity index (χ0v) is 17.1. The SMILES string of the molecule is CCC1(C)NC(=O)N(NC(=O)CN2CCC(n3c(=O)[nH]c4ccccc43)CC2)C1=O. The molecule has 1 aromatic carbocycles. The molecule has 10 heteroatoms. The van der Waals surface area contributed by atoms with Crippen LogP contribution in [0, 0.1) is 0 Å². The third-order valence-electron chi connectivity index (χ3n) is 6.12. The van der Waals surface area contributed by atoms with Crippen LogP contribution in [0.3, 0.4) is 0 Å². The molecular weight excluding hydrogens is 388 g/mol. The number of carbonyl (C=O) groups is 3. The van der Waals surface area contributed by atoms with Crippen molar-refractivity contribution in [3.8, 4) is 0 Å². The van der Waals surface area contributed by atoms with E-state index in [2.05, 4.69) is 15.7 Å². The van der Waals surface area contributed by atoms with Crippen molar-refractivity contribution in [1.82, 2.24) is 30.2 Å². The summed E-state index contributed by atoms with van der Waals surface area (Å²) in [4.78, 5) is 54.1. The van der Waals surface area contributed by atoms with Crippen molar-refractivity contribution in [3.05, 3.63) is 34.7 Å². The molecule has 160 valence electrons. The highest BCUT2D eigenvalue weighted by Gasteiger charge is 2.47. The fourth-order valence-electron chi connectivity index (χ4n) is 4.16. The number of benzene rings is 1. The molecule has 3 N–H and O–H groups in total. The van der Waals surface area contributed by atoms with Gasteiger partial charge in [0.15, 0.2) is 0 Å². The van der Waals surface area contributed by atoms with Crippen LogP contribution in [0.2, 0.25) is 0 Å². The number of nitrogens with zero attached hydrogens (tertiary/aromatic N) is 3. The second-order valence-electron chi connectivity index (χ2n) is 8.12. The van der Waals surface area contributed by atoms with E-state index >= 15 is 0 Å². The van der Waals surface area contributed by atoms with E-state index in [1.54, 1.807) is 18.4 Å². The number of hydrogen-bond donors (Lipinski definition) is 3. The molecule has 3 heterocycles. The van der Waals surface area contributed by atoms with Crippen molar-refractivity contribution >= 4 is 28.9 Å². The van der Waals surface area contributed by atoms with Gasteiger partial charge < -0.3 is 10.3 Å². The minimum Gasteiger partial charge on any atom is -0.322 e. The Balaban J connectivity index is 1.34. The van der Waals surface area contributed by atoms with Gasteiger partial charge >= 0.3 is 11.7 Å². The number of likely N-dealkylation sites (tertiary alicyclic amines) is 1. The minimum atomic E-state index is -0.991. The maximum absolute atomic E-state index is 12.4. The molecule has 2 saturated heterocycles. The highest BCUT2D eigenvalue weighted by molar-refractivity contribution is 6.07. The van der Waals surface area contributed by atoms with Gasteiger partial charge in [-0.25, -0.2) is 9.59 Å². The molecule has 4 amide bonds. The summed E-state index contributed by atoms with van der Waals surface area (Å²) >= 11 is 0. The standard InChI is InChI=1S/C20H26N6O4/c1-3-20(2)17(28)26(19(30)22-20)23-16(27)12-24-10-8-13(9-11-24)25-15-7-5-4-6-14(15)21-18(25)29/h4-7,13H,3,8-12H2,1-2H3,(H,21,29)(H,22,30)(H,23,27). The van der Waals surface area contributed by atoms with Gasteiger partial charge in [0.25, 0.3) is 11.8 Å². The first kappa shape index (κ1) is 20.1. The molecule has 2 aliphatic heterocycles. The van der Waals surface area contributed by atoms with Crippen LogP contribution in [0.1, 0.15) is 39.2 Å². The Bertz CT molecular complexity index is 1050. The van der Waals surface area contributed by atoms with Crippen LogP contribution in [0.25, 0.3) is 11.0 Å². The Hall–Kier alpha value is -3.14. The van der Waals surface area contributed by atoms with Crippen LogP contribution in [0.15, 0.2) is 29.1 Å². The Kier molecular flexibility index (Phi) is 5.10. The number of fused-ring (bicyclic) bond motifs is 1. The maximum atomic E-state index is 12.4. The van der Waals surface area contributed by atoms with E-state index in [4.69, 9.17) is 0 Å². The fourth-order valence-corrected chi connectivity index (χ4v) is 4.16. The maximum Gasteiger partial charge on any atom is 0.344 e. The smallest absolute Gasteiger partial charge is 0.322 e. The number of piperidine rings is 1. The molecule has 10 nitrogen and oxygen atoms in total. The van der Waals surface area contributed by atoms with Crippen LogP contribution >= 0.6 is 0 Å². The molecule has 2 aromatic rings. The van der Waals surface area contributed by atoms with Gasteiger partial charge in [-0.15, -0.1) is 0 Å². The van der Waals surface area contributed by atoms with Crippen molar-refractivity contribution in [3.63, 3.8) is 0 Å². The largest absolute Gasteiger partial charge is 0.344 e. The van der Waals surface area contributed by atoms with Gasteiger partial charge in [0.1, 0.15) is 5.54 Å². The molecule has 4 rings (SSSR count). The number of amides is 4. The van der Waals surface area contributed by atoms with E-state index in [1.165, 1.54) is 0 Å². The molecule has 0 radical (unpaired) electrons. The second-order valence-corrected chi connectivity index (χ2v) is 8.12. The Morgan fingerprint density at radius 2 is 1.90 bits per heavy atom. The number of hydrazine groups is 1. The zero-order chi connectivity index (χ0) is 21.5. The van der Waals surface area contributed by atoms with Crippen molar-refractivity contribution in [2.75, 3.05) is 19.6 Å². The van der Waals surface area contributed by atoms with Gasteiger partial charge in [0.05, 0.1) is 17.6 Å². The molecule has 2 fully saturated rings. The van der Waals surface area contributed by atoms with E-state index in [9.17, 15) is 19.2 Å². The fraction of sp³-hybridized carbons (Fsp3) is 0.500. The summed E-state index contributed by atoms with van der Waals surface area (Å²) in [6.45, 7) is 4.78. The van der Waals surface area contributed by atoms with E-state index in [1.807, 2.05) is 29.2 Å². The molecule has 0 bridgehead atoms. The summed E-state index contributed by atoms with van der Waals surface area (Å²) in [5.74, 6) is -0.873. The zero-order valence-electron chi connectivity index (χ0n) is 17.1. The summed E-state index contributed by atoms with van der Waals surface area (Å²) < 4.78 is 1.80. The topological polar surface area (TPSA) is 120 Å². The number of carbonyl (C=O) groups excluding carboxylic acids is 3. The molecular formula is C20H26N6O4. The molecule has 0 spiro atoms. The van der Waals surface area contributed by atoms with Crippen LogP contribution in [0.5, 0.6) is 0 Å². The first-order valence-corrected chi connectivity index (χ1v) is 10.2. The Morgan fingerprint density at radius 3 is 2.57 bits per heavy atom. The molecule has 1 atom stereocenters. The predicted molar refractivity (Wildman–Crippen MR) is 109 cm³/mol. The lowest BCUT2D eigenvalue weighted by molar-refractivity contribution is -0.139. The van der Waals surface area contributed by atoms with Gasteiger partial charge in [-0.3, -0.25) is 24.5 Å². The molecule has 30 heavy (non-hydrogen) atoms. The number of para-hydroxylation sites is 2. The number of H-pyrrole nitrogens is 1. The molecule has 1 aromatic heterocycles. The predicted octanol–water partition coefficient (Wildman–Crippen LogP) is 0.718. The normalized spacial score (nSPS) is 23.2. The number of nitrogens with one attached hydrogen (secondary N) is 3. The average Bonchev–Trinajstić information content (AvgIpc) is 3.17. The number of hydrogen-bond acceptors (Lipinski definition) is 5. The lowest BCUT2D eigenvalue weighted by atomic mass is 10.00. The average molecular weight is 414 g/mol. The van der Waals surface area contributed by atoms with Gasteiger partial charge in [0, 0.05) is 19.1 Å². The van der Waals surface area contributed by atoms with Gasteiger partial charge in [-0.05, 0) is 38.3 Å². The van der Waals surface area contributed by atoms with E-state index < -0.39 is 23.4 Å². The first-order valence-electron chi connectivity index (χ1n) is 10.2. The number of urea groups is 1. The Labute approximate surface area is 173 Å². The first-order chi connectivity index (χ1) is 14.3. The van der Waals surface area contributed by atoms with Crippen LogP contribution in [-0.2, 0) is 9.59 Å². The molecule has 0 saturated carbocycles. The third-order valence-corrected chi connectivity index (χ3v) is 6.12. The summed E-state index contributed by atoms with van der Waals surface area (Å²) in [6, 6.07) is 7.05. The molecule has 2 aliphatic rings. The van der Waals surface area contributed by atoms with Crippen molar-refractivity contribution in [2.45, 2.75) is 44.7 Å². The molecule has 0 aliphatic carbocycles. The van der Waals surface area contributed by atoms with Crippen LogP contribution in [0.4, 0.5) is 4.79 Å². The number of aromatic nitrogens is 2. The van der Waals surface area contributed by atoms with Gasteiger partial charge in [0.2, 0.25) is 0 Å². The second kappa shape index (κ2) is 7.60. The number of rotatable bonds is 5. The summed E-state index contributed by atoms with van der Waals surface area (Å²) in [7, 11) is 0. The Morgan fingerprint density at radius 1 is 1.20 bits per heavy atom. The minimum absolute atomic E-state index is 0.0594. The van der Waals surface area contributed by atoms with Crippen molar-refractivity contribution < 1.29 is 14.4 Å². The summed E-state index contributed by atoms with van der Waals surface area (Å²) in [5.41, 5.74) is 3.01. The van der Waals surface area contributed by atoms with Crippen molar-refractivity contribution in [1.29, 1.82) is 0 Å². The number of aromatic amines is 1. The summed E-state index contributed by atoms with van der Waals surface area (Å²) in [6.07, 6.45) is 1.89. The lowest BCUT2D eigenvalue weighted by Gasteiger charge is -2.32. The van der Waals surface area contributed by atoms with Gasteiger partial charge in [-0.2, -0.15) is 5.01 Å². The van der Waals surface area contributed by atoms with Crippen LogP contribution in [-0.4, -0.2) is 62.5 Å². The van der Waals surface area contributed by atoms with E-state index in [-0.39, 0.29) is 18.3 Å². The number of imide groups is 1. The van der Waals surface area contributed by atoms with Gasteiger partial charge in [-0.1, -0.05) is 19.1 Å². The van der Waals surface area contributed by atoms with Crippen molar-refractivity contribution in [2.24, 2.45) is 0 Å². The van der Waals surface area contributed by atoms with E-state index in [0.717, 1.165) is 28.9 Å². The number of imidazole rings is 1. The quantitative estimate of drug-likeness (QED) is 0.623. The van der Waals surface area contributed by atoms with E-state index in [0.29, 0.717) is 19.5 Å². The highest BCUT2D eigenvalue weighted by Crippen LogP contribution is 2.25. The highest BCUT2D eigenvalue weighted by atomic mass is 16.2. The third kappa shape index (κ3) is 3.47. The van der Waals surface area contributed by atoms with Crippen LogP contribution < -0.4 is 16.4 Å². The monoisotopic (exact) mass is 414 g/mol. The lowest BCUT2D eigenvalue weighted by Crippen LogP contribution is -2.52. The summed E-state index contributed by atoms with van der Waals surface area (Å²) in [5, 5.41) is 3.37. The molecule has 1 unspecified atom stereocenters.